The first-order chi connectivity index (χ1) is 7.68. The maximum atomic E-state index is 5.99. The SMILES string of the molecule is C=P(C)(Oc1ccccc1)c1ccccc1. The minimum atomic E-state index is -1.77. The lowest BCUT2D eigenvalue weighted by Gasteiger charge is -2.21. The van der Waals surface area contributed by atoms with Gasteiger partial charge in [0.15, 0.2) is 0 Å². The molecular formula is C14H15OP. The van der Waals surface area contributed by atoms with E-state index in [9.17, 15) is 0 Å². The van der Waals surface area contributed by atoms with Crippen molar-refractivity contribution in [2.45, 2.75) is 0 Å². The van der Waals surface area contributed by atoms with Crippen LogP contribution in [0.5, 0.6) is 5.75 Å². The normalized spacial score (nSPS) is 14.1. The fourth-order valence-electron chi connectivity index (χ4n) is 1.51. The second-order valence-electron chi connectivity index (χ2n) is 3.84. The number of para-hydroxylation sites is 1. The van der Waals surface area contributed by atoms with E-state index in [1.807, 2.05) is 48.5 Å². The van der Waals surface area contributed by atoms with Gasteiger partial charge in [-0.3, -0.25) is 0 Å². The number of hydrogen-bond acceptors (Lipinski definition) is 1. The second kappa shape index (κ2) is 4.59. The van der Waals surface area contributed by atoms with Crippen LogP contribution in [0.4, 0.5) is 0 Å². The first kappa shape index (κ1) is 11.0. The van der Waals surface area contributed by atoms with Gasteiger partial charge < -0.3 is 4.52 Å². The summed E-state index contributed by atoms with van der Waals surface area (Å²) >= 11 is 0. The summed E-state index contributed by atoms with van der Waals surface area (Å²) in [4.78, 5) is 0. The van der Waals surface area contributed by atoms with Gasteiger partial charge in [-0.05, 0) is 18.8 Å². The highest BCUT2D eigenvalue weighted by atomic mass is 31.2. The lowest BCUT2D eigenvalue weighted by atomic mass is 10.3. The quantitative estimate of drug-likeness (QED) is 0.734. The Morgan fingerprint density at radius 1 is 0.875 bits per heavy atom. The van der Waals surface area contributed by atoms with Gasteiger partial charge in [0.25, 0.3) is 0 Å². The molecule has 1 atom stereocenters. The third-order valence-corrected chi connectivity index (χ3v) is 4.36. The summed E-state index contributed by atoms with van der Waals surface area (Å²) in [7, 11) is -1.77. The van der Waals surface area contributed by atoms with Crippen molar-refractivity contribution in [3.8, 4) is 5.75 Å². The van der Waals surface area contributed by atoms with Gasteiger partial charge in [-0.25, -0.2) is 0 Å². The minimum absolute atomic E-state index is 0.886. The van der Waals surface area contributed by atoms with Crippen LogP contribution in [0.1, 0.15) is 0 Å². The standard InChI is InChI=1S/C14H15OP/c1-16(2,14-11-7-4-8-12-14)15-13-9-5-3-6-10-13/h3-12H,1H2,2H3. The van der Waals surface area contributed by atoms with Crippen molar-refractivity contribution in [2.24, 2.45) is 0 Å². The summed E-state index contributed by atoms with van der Waals surface area (Å²) in [5.74, 6) is 0.886. The summed E-state index contributed by atoms with van der Waals surface area (Å²) in [6, 6.07) is 20.0. The highest BCUT2D eigenvalue weighted by molar-refractivity contribution is 7.76. The zero-order valence-electron chi connectivity index (χ0n) is 9.34. The molecule has 82 valence electrons. The lowest BCUT2D eigenvalue weighted by molar-refractivity contribution is 0.623. The van der Waals surface area contributed by atoms with Crippen LogP contribution in [-0.4, -0.2) is 13.0 Å². The molecule has 0 N–H and O–H groups in total. The zero-order chi connectivity index (χ0) is 11.4. The average molecular weight is 230 g/mol. The molecule has 0 aliphatic heterocycles. The van der Waals surface area contributed by atoms with E-state index in [4.69, 9.17) is 4.52 Å². The van der Waals surface area contributed by atoms with E-state index in [1.165, 1.54) is 5.30 Å². The molecule has 0 aliphatic rings. The topological polar surface area (TPSA) is 9.23 Å². The van der Waals surface area contributed by atoms with Crippen LogP contribution in [-0.2, 0) is 0 Å². The van der Waals surface area contributed by atoms with Crippen LogP contribution in [0.3, 0.4) is 0 Å². The number of hydrogen-bond donors (Lipinski definition) is 0. The Kier molecular flexibility index (Phi) is 3.17. The fourth-order valence-corrected chi connectivity index (χ4v) is 3.01. The van der Waals surface area contributed by atoms with Crippen LogP contribution in [0, 0.1) is 0 Å². The van der Waals surface area contributed by atoms with E-state index in [-0.39, 0.29) is 0 Å². The zero-order valence-corrected chi connectivity index (χ0v) is 10.2. The maximum Gasteiger partial charge on any atom is 0.123 e. The average Bonchev–Trinajstić information content (AvgIpc) is 2.31. The van der Waals surface area contributed by atoms with Crippen molar-refractivity contribution in [3.63, 3.8) is 0 Å². The number of benzene rings is 2. The Balaban J connectivity index is 2.25. The van der Waals surface area contributed by atoms with E-state index >= 15 is 0 Å². The van der Waals surface area contributed by atoms with Gasteiger partial charge in [0.05, 0.1) is 7.11 Å². The molecule has 2 heteroatoms. The van der Waals surface area contributed by atoms with E-state index < -0.39 is 7.11 Å². The first-order valence-electron chi connectivity index (χ1n) is 5.20. The van der Waals surface area contributed by atoms with Crippen LogP contribution >= 0.6 is 7.11 Å². The molecule has 2 rings (SSSR count). The molecular weight excluding hydrogens is 215 g/mol. The van der Waals surface area contributed by atoms with Crippen LogP contribution < -0.4 is 9.83 Å². The van der Waals surface area contributed by atoms with Gasteiger partial charge in [0.2, 0.25) is 0 Å². The highest BCUT2D eigenvalue weighted by Gasteiger charge is 2.11. The molecule has 0 bridgehead atoms. The van der Waals surface area contributed by atoms with Crippen LogP contribution in [0.15, 0.2) is 60.7 Å². The lowest BCUT2D eigenvalue weighted by Crippen LogP contribution is -2.08. The molecule has 0 aliphatic carbocycles. The second-order valence-corrected chi connectivity index (χ2v) is 6.74. The van der Waals surface area contributed by atoms with Gasteiger partial charge >= 0.3 is 0 Å². The summed E-state index contributed by atoms with van der Waals surface area (Å²) < 4.78 is 5.99. The van der Waals surface area contributed by atoms with Crippen molar-refractivity contribution in [1.82, 2.24) is 0 Å². The summed E-state index contributed by atoms with van der Waals surface area (Å²) in [6.45, 7) is 2.08. The van der Waals surface area contributed by atoms with Crippen molar-refractivity contribution in [1.29, 1.82) is 0 Å². The van der Waals surface area contributed by atoms with E-state index in [2.05, 4.69) is 25.1 Å². The fraction of sp³-hybridized carbons (Fsp3) is 0.0714. The molecule has 0 fully saturated rings. The van der Waals surface area contributed by atoms with Gasteiger partial charge in [-0.1, -0.05) is 54.8 Å². The van der Waals surface area contributed by atoms with Crippen molar-refractivity contribution in [2.75, 3.05) is 6.66 Å². The molecule has 0 saturated heterocycles. The smallest absolute Gasteiger partial charge is 0.123 e. The van der Waals surface area contributed by atoms with Gasteiger partial charge in [0.1, 0.15) is 5.75 Å². The number of rotatable bonds is 3. The molecule has 0 amide bonds. The highest BCUT2D eigenvalue weighted by Crippen LogP contribution is 2.41. The Labute approximate surface area is 96.8 Å². The monoisotopic (exact) mass is 230 g/mol. The molecule has 0 saturated carbocycles. The van der Waals surface area contributed by atoms with Crippen LogP contribution in [0.25, 0.3) is 0 Å². The molecule has 0 aromatic heterocycles. The molecule has 2 aromatic rings. The Bertz CT molecular complexity index is 491. The van der Waals surface area contributed by atoms with Crippen molar-refractivity contribution < 1.29 is 4.52 Å². The third-order valence-electron chi connectivity index (χ3n) is 2.35. The van der Waals surface area contributed by atoms with Crippen molar-refractivity contribution in [3.05, 3.63) is 60.7 Å². The largest absolute Gasteiger partial charge is 0.474 e. The molecule has 0 spiro atoms. The summed E-state index contributed by atoms with van der Waals surface area (Å²) in [5, 5.41) is 1.18. The van der Waals surface area contributed by atoms with Gasteiger partial charge in [-0.15, -0.1) is 0 Å². The maximum absolute atomic E-state index is 5.99. The predicted octanol–water partition coefficient (Wildman–Crippen LogP) is 3.39. The minimum Gasteiger partial charge on any atom is -0.474 e. The molecule has 16 heavy (non-hydrogen) atoms. The van der Waals surface area contributed by atoms with Gasteiger partial charge in [0, 0.05) is 5.30 Å². The Morgan fingerprint density at radius 2 is 1.38 bits per heavy atom. The molecule has 2 aromatic carbocycles. The molecule has 0 radical (unpaired) electrons. The predicted molar refractivity (Wildman–Crippen MR) is 73.1 cm³/mol. The van der Waals surface area contributed by atoms with Gasteiger partial charge in [-0.2, -0.15) is 0 Å². The van der Waals surface area contributed by atoms with E-state index in [1.54, 1.807) is 0 Å². The first-order valence-corrected chi connectivity index (χ1v) is 7.53. The molecule has 1 nitrogen and oxygen atoms in total. The van der Waals surface area contributed by atoms with Crippen LogP contribution in [0.2, 0.25) is 0 Å². The Hall–Kier alpha value is -1.46. The summed E-state index contributed by atoms with van der Waals surface area (Å²) in [6.07, 6.45) is 4.22. The summed E-state index contributed by atoms with van der Waals surface area (Å²) in [5.41, 5.74) is 0. The van der Waals surface area contributed by atoms with E-state index in [0.717, 1.165) is 5.75 Å². The Morgan fingerprint density at radius 3 is 1.94 bits per heavy atom. The third kappa shape index (κ3) is 2.56. The van der Waals surface area contributed by atoms with E-state index in [0.29, 0.717) is 0 Å². The molecule has 1 unspecified atom stereocenters. The molecule has 0 heterocycles. The van der Waals surface area contributed by atoms with Crippen molar-refractivity contribution >= 4 is 18.7 Å².